The van der Waals surface area contributed by atoms with E-state index in [9.17, 15) is 14.0 Å². The monoisotopic (exact) mass is 577 g/mol. The summed E-state index contributed by atoms with van der Waals surface area (Å²) in [6, 6.07) is 10.8. The molecule has 1 aliphatic heterocycles. The first-order chi connectivity index (χ1) is 19.7. The lowest BCUT2D eigenvalue weighted by molar-refractivity contribution is -0.137. The lowest BCUT2D eigenvalue weighted by Crippen LogP contribution is -2.48. The van der Waals surface area contributed by atoms with Crippen LogP contribution in [-0.4, -0.2) is 40.2 Å². The molecular weight excluding hydrogens is 537 g/mol. The van der Waals surface area contributed by atoms with Gasteiger partial charge in [0.05, 0.1) is 6.04 Å². The summed E-state index contributed by atoms with van der Waals surface area (Å²) in [7, 11) is 0. The number of benzene rings is 2. The van der Waals surface area contributed by atoms with Gasteiger partial charge in [-0.05, 0) is 101 Å². The van der Waals surface area contributed by atoms with Gasteiger partial charge in [0.15, 0.2) is 0 Å². The van der Waals surface area contributed by atoms with Crippen LogP contribution < -0.4 is 20.3 Å². The fraction of sp³-hybridized carbons (Fsp3) is 0.438. The zero-order chi connectivity index (χ0) is 30.8. The third-order valence-corrected chi connectivity index (χ3v) is 7.20. The average molecular weight is 578 g/mol. The number of fused-ring (bicyclic) bond motifs is 1. The van der Waals surface area contributed by atoms with Crippen molar-refractivity contribution < 1.29 is 23.5 Å². The maximum atomic E-state index is 13.4. The number of carbonyl (C=O) groups excluding carboxylic acids is 2. The van der Waals surface area contributed by atoms with E-state index >= 15 is 0 Å². The molecular formula is C32H40FN5O4. The van der Waals surface area contributed by atoms with Gasteiger partial charge in [-0.3, -0.25) is 0 Å². The van der Waals surface area contributed by atoms with Gasteiger partial charge in [0, 0.05) is 23.5 Å². The van der Waals surface area contributed by atoms with E-state index < -0.39 is 23.7 Å². The van der Waals surface area contributed by atoms with Gasteiger partial charge in [0.25, 0.3) is 0 Å². The van der Waals surface area contributed by atoms with Gasteiger partial charge >= 0.3 is 12.1 Å². The Morgan fingerprint density at radius 1 is 1.07 bits per heavy atom. The van der Waals surface area contributed by atoms with Crippen LogP contribution in [0.4, 0.5) is 26.6 Å². The number of aryl methyl sites for hydroxylation is 1. The lowest BCUT2D eigenvalue weighted by atomic mass is 9.93. The van der Waals surface area contributed by atoms with Crippen molar-refractivity contribution in [3.63, 3.8) is 0 Å². The highest BCUT2D eigenvalue weighted by atomic mass is 19.1. The third kappa shape index (κ3) is 7.35. The maximum Gasteiger partial charge on any atom is 0.408 e. The fourth-order valence-electron chi connectivity index (χ4n) is 4.87. The number of aromatic nitrogens is 2. The molecule has 10 heteroatoms. The molecule has 2 aromatic carbocycles. The van der Waals surface area contributed by atoms with Crippen LogP contribution >= 0.6 is 0 Å². The summed E-state index contributed by atoms with van der Waals surface area (Å²) < 4.78 is 24.5. The Bertz CT molecular complexity index is 1450. The Balaban J connectivity index is 1.54. The zero-order valence-electron chi connectivity index (χ0n) is 25.5. The number of hydrogen-bond acceptors (Lipinski definition) is 8. The van der Waals surface area contributed by atoms with Gasteiger partial charge in [-0.2, -0.15) is 4.98 Å². The number of hydrogen-bond donors (Lipinski definition) is 2. The molecule has 2 heterocycles. The van der Waals surface area contributed by atoms with Crippen molar-refractivity contribution in [1.29, 1.82) is 0 Å². The van der Waals surface area contributed by atoms with E-state index in [1.165, 1.54) is 17.7 Å². The molecule has 9 nitrogen and oxygen atoms in total. The van der Waals surface area contributed by atoms with Crippen LogP contribution in [0.15, 0.2) is 42.5 Å². The van der Waals surface area contributed by atoms with Crippen LogP contribution in [0.5, 0.6) is 5.75 Å². The van der Waals surface area contributed by atoms with Crippen molar-refractivity contribution >= 4 is 29.5 Å². The van der Waals surface area contributed by atoms with Crippen molar-refractivity contribution in [3.8, 4) is 5.75 Å². The summed E-state index contributed by atoms with van der Waals surface area (Å²) in [5, 5.41) is 5.82. The number of nitrogens with one attached hydrogen (secondary N) is 2. The lowest BCUT2D eigenvalue weighted by Gasteiger charge is -2.37. The van der Waals surface area contributed by atoms with E-state index in [0.717, 1.165) is 35.6 Å². The Kier molecular flexibility index (Phi) is 9.03. The molecule has 1 amide bonds. The van der Waals surface area contributed by atoms with Gasteiger partial charge in [0.1, 0.15) is 29.0 Å². The van der Waals surface area contributed by atoms with E-state index in [-0.39, 0.29) is 17.8 Å². The molecule has 3 aromatic rings. The molecule has 1 aliphatic rings. The quantitative estimate of drug-likeness (QED) is 0.240. The van der Waals surface area contributed by atoms with Crippen LogP contribution in [0.1, 0.15) is 70.0 Å². The number of rotatable bonds is 7. The zero-order valence-corrected chi connectivity index (χ0v) is 25.5. The highest BCUT2D eigenvalue weighted by Crippen LogP contribution is 2.37. The first-order valence-corrected chi connectivity index (χ1v) is 14.2. The minimum absolute atomic E-state index is 0.0696. The van der Waals surface area contributed by atoms with Gasteiger partial charge < -0.3 is 25.0 Å². The summed E-state index contributed by atoms with van der Waals surface area (Å²) in [5.74, 6) is 0.547. The first-order valence-electron chi connectivity index (χ1n) is 14.2. The topological polar surface area (TPSA) is 106 Å². The minimum atomic E-state index is -0.872. The molecule has 0 aliphatic carbocycles. The molecule has 0 bridgehead atoms. The minimum Gasteiger partial charge on any atom is -0.444 e. The molecule has 2 atom stereocenters. The molecule has 0 fully saturated rings. The second-order valence-corrected chi connectivity index (χ2v) is 12.0. The highest BCUT2D eigenvalue weighted by Gasteiger charge is 2.31. The predicted molar refractivity (Wildman–Crippen MR) is 161 cm³/mol. The fourth-order valence-corrected chi connectivity index (χ4v) is 4.87. The van der Waals surface area contributed by atoms with Crippen LogP contribution in [0, 0.1) is 25.6 Å². The molecule has 0 spiro atoms. The number of ether oxygens (including phenoxy) is 2. The summed E-state index contributed by atoms with van der Waals surface area (Å²) in [6.07, 6.45) is 0.114. The maximum absolute atomic E-state index is 13.4. The number of alkyl carbamates (subject to hydrolysis) is 1. The molecule has 1 unspecified atom stereocenters. The molecule has 42 heavy (non-hydrogen) atoms. The van der Waals surface area contributed by atoms with E-state index in [4.69, 9.17) is 14.5 Å². The van der Waals surface area contributed by atoms with E-state index in [1.54, 1.807) is 39.0 Å². The second kappa shape index (κ2) is 12.3. The molecule has 0 saturated heterocycles. The third-order valence-electron chi connectivity index (χ3n) is 7.20. The Morgan fingerprint density at radius 3 is 2.40 bits per heavy atom. The largest absolute Gasteiger partial charge is 0.444 e. The van der Waals surface area contributed by atoms with Crippen molar-refractivity contribution in [2.24, 2.45) is 5.92 Å². The van der Waals surface area contributed by atoms with Crippen LogP contribution in [0.2, 0.25) is 0 Å². The molecule has 0 saturated carbocycles. The normalized spacial score (nSPS) is 15.6. The number of halogens is 1. The van der Waals surface area contributed by atoms with Gasteiger partial charge in [-0.15, -0.1) is 0 Å². The molecule has 224 valence electrons. The number of amides is 1. The summed E-state index contributed by atoms with van der Waals surface area (Å²) in [4.78, 5) is 37.1. The summed E-state index contributed by atoms with van der Waals surface area (Å²) in [6.45, 7) is 15.7. The van der Waals surface area contributed by atoms with Crippen molar-refractivity contribution in [2.75, 3.05) is 16.8 Å². The van der Waals surface area contributed by atoms with Crippen LogP contribution in [0.25, 0.3) is 0 Å². The first kappa shape index (κ1) is 30.7. The van der Waals surface area contributed by atoms with Crippen LogP contribution in [-0.2, 0) is 16.0 Å². The predicted octanol–water partition coefficient (Wildman–Crippen LogP) is 6.55. The van der Waals surface area contributed by atoms with Crippen molar-refractivity contribution in [1.82, 2.24) is 15.3 Å². The summed E-state index contributed by atoms with van der Waals surface area (Å²) >= 11 is 0. The van der Waals surface area contributed by atoms with E-state index in [2.05, 4.69) is 27.4 Å². The van der Waals surface area contributed by atoms with E-state index in [1.807, 2.05) is 39.8 Å². The molecule has 0 radical (unpaired) electrons. The Morgan fingerprint density at radius 2 is 1.76 bits per heavy atom. The highest BCUT2D eigenvalue weighted by molar-refractivity contribution is 5.83. The van der Waals surface area contributed by atoms with Gasteiger partial charge in [0.2, 0.25) is 5.95 Å². The van der Waals surface area contributed by atoms with Gasteiger partial charge in [-0.25, -0.2) is 19.0 Å². The summed E-state index contributed by atoms with van der Waals surface area (Å²) in [5.41, 5.74) is 3.99. The second-order valence-electron chi connectivity index (χ2n) is 12.0. The Labute approximate surface area is 246 Å². The van der Waals surface area contributed by atoms with Crippen molar-refractivity contribution in [3.05, 3.63) is 70.7 Å². The van der Waals surface area contributed by atoms with Gasteiger partial charge in [-0.1, -0.05) is 19.9 Å². The number of carbonyl (C=O) groups is 2. The molecule has 1 aromatic heterocycles. The SMILES string of the molecule is Cc1nc(Nc2ccc(F)cc2)nc(N2CCc3ccc(OC(=O)[C@@H](NC(=O)OC(C)(C)C)C(C)C)cc3C2C)c1C. The van der Waals surface area contributed by atoms with Crippen molar-refractivity contribution in [2.45, 2.75) is 79.5 Å². The number of nitrogens with zero attached hydrogens (tertiary/aromatic N) is 3. The molecule has 4 rings (SSSR count). The van der Waals surface area contributed by atoms with Crippen LogP contribution in [0.3, 0.4) is 0 Å². The number of anilines is 3. The number of esters is 1. The molecule has 2 N–H and O–H groups in total. The average Bonchev–Trinajstić information content (AvgIpc) is 2.90. The standard InChI is InChI=1S/C32H40FN5O4/c1-18(2)27(36-31(40)42-32(6,7)8)29(39)41-25-14-9-22-15-16-38(21(5)26(22)17-25)28-19(3)20(4)34-30(37-28)35-24-12-10-23(33)11-13-24/h9-14,17-18,21,27H,15-16H2,1-8H3,(H,36,40)(H,34,35,37)/t21?,27-/m0/s1. The Hall–Kier alpha value is -4.21. The van der Waals surface area contributed by atoms with E-state index in [0.29, 0.717) is 17.4 Å². The smallest absolute Gasteiger partial charge is 0.408 e.